The molecule has 0 saturated heterocycles. The lowest BCUT2D eigenvalue weighted by Gasteiger charge is -2.14. The number of ether oxygens (including phenoxy) is 1. The van der Waals surface area contributed by atoms with Gasteiger partial charge in [0.15, 0.2) is 5.96 Å². The van der Waals surface area contributed by atoms with Crippen LogP contribution in [0.3, 0.4) is 0 Å². The summed E-state index contributed by atoms with van der Waals surface area (Å²) in [5, 5.41) is 10.1. The normalized spacial score (nSPS) is 13.5. The summed E-state index contributed by atoms with van der Waals surface area (Å²) in [6, 6.07) is 6.50. The molecule has 0 fully saturated rings. The molecule has 3 rings (SSSR count). The minimum Gasteiger partial charge on any atom is -0.493 e. The van der Waals surface area contributed by atoms with Crippen LogP contribution in [-0.4, -0.2) is 37.7 Å². The number of hydrogen-bond donors (Lipinski definition) is 2. The maximum Gasteiger partial charge on any atom is 0.191 e. The SMILES string of the molecule is CN=C(NCCc1ccc2c(c1)CCO2)NCCc1nc(C(C)(C)C)cs1.I. The van der Waals surface area contributed by atoms with Gasteiger partial charge in [0.05, 0.1) is 17.3 Å². The van der Waals surface area contributed by atoms with Gasteiger partial charge in [0.1, 0.15) is 5.75 Å². The first-order valence-corrected chi connectivity index (χ1v) is 10.5. The largest absolute Gasteiger partial charge is 0.493 e. The van der Waals surface area contributed by atoms with Crippen LogP contribution < -0.4 is 15.4 Å². The van der Waals surface area contributed by atoms with E-state index in [0.717, 1.165) is 50.7 Å². The third kappa shape index (κ3) is 6.34. The van der Waals surface area contributed by atoms with Gasteiger partial charge in [-0.15, -0.1) is 35.3 Å². The van der Waals surface area contributed by atoms with Crippen LogP contribution in [0.4, 0.5) is 0 Å². The second-order valence-corrected chi connectivity index (χ2v) is 8.79. The molecule has 2 N–H and O–H groups in total. The van der Waals surface area contributed by atoms with Gasteiger partial charge >= 0.3 is 0 Å². The van der Waals surface area contributed by atoms with Crippen molar-refractivity contribution in [3.05, 3.63) is 45.4 Å². The summed E-state index contributed by atoms with van der Waals surface area (Å²) in [7, 11) is 1.81. The van der Waals surface area contributed by atoms with E-state index >= 15 is 0 Å². The first-order valence-electron chi connectivity index (χ1n) is 9.60. The number of thiazole rings is 1. The van der Waals surface area contributed by atoms with E-state index < -0.39 is 0 Å². The maximum absolute atomic E-state index is 5.57. The van der Waals surface area contributed by atoms with Crippen LogP contribution in [0, 0.1) is 0 Å². The lowest BCUT2D eigenvalue weighted by Crippen LogP contribution is -2.39. The molecule has 0 amide bonds. The molecule has 0 aliphatic carbocycles. The standard InChI is InChI=1S/C21H30N4OS.HI/c1-21(2,3)18-14-27-19(25-18)8-11-24-20(22-4)23-10-7-15-5-6-17-16(13-15)9-12-26-17;/h5-6,13-14H,7-12H2,1-4H3,(H2,22,23,24);1H. The molecule has 2 aromatic rings. The summed E-state index contributed by atoms with van der Waals surface area (Å²) in [6.07, 6.45) is 2.90. The number of nitrogens with zero attached hydrogens (tertiary/aromatic N) is 2. The third-order valence-electron chi connectivity index (χ3n) is 4.64. The summed E-state index contributed by atoms with van der Waals surface area (Å²) in [6.45, 7) is 9.08. The highest BCUT2D eigenvalue weighted by molar-refractivity contribution is 14.0. The lowest BCUT2D eigenvalue weighted by molar-refractivity contribution is 0.357. The van der Waals surface area contributed by atoms with E-state index in [1.165, 1.54) is 21.8 Å². The average molecular weight is 514 g/mol. The zero-order chi connectivity index (χ0) is 19.3. The van der Waals surface area contributed by atoms with Crippen LogP contribution in [0.2, 0.25) is 0 Å². The Balaban J connectivity index is 0.00000280. The molecule has 0 saturated carbocycles. The Kier molecular flexibility index (Phi) is 8.55. The van der Waals surface area contributed by atoms with E-state index in [-0.39, 0.29) is 29.4 Å². The number of aliphatic imine (C=N–C) groups is 1. The van der Waals surface area contributed by atoms with Gasteiger partial charge in [-0.25, -0.2) is 4.98 Å². The molecule has 28 heavy (non-hydrogen) atoms. The van der Waals surface area contributed by atoms with Gasteiger partial charge in [0, 0.05) is 43.8 Å². The van der Waals surface area contributed by atoms with Crippen molar-refractivity contribution < 1.29 is 4.74 Å². The Bertz CT molecular complexity index is 798. The predicted molar refractivity (Wildman–Crippen MR) is 129 cm³/mol. The number of halogens is 1. The first-order chi connectivity index (χ1) is 13.0. The van der Waals surface area contributed by atoms with Crippen LogP contribution in [-0.2, 0) is 24.7 Å². The molecular formula is C21H31IN4OS. The number of hydrogen-bond acceptors (Lipinski definition) is 4. The van der Waals surface area contributed by atoms with Crippen molar-refractivity contribution in [2.45, 2.75) is 45.4 Å². The van der Waals surface area contributed by atoms with Gasteiger partial charge in [0.25, 0.3) is 0 Å². The van der Waals surface area contributed by atoms with Gasteiger partial charge in [-0.1, -0.05) is 32.9 Å². The summed E-state index contributed by atoms with van der Waals surface area (Å²) < 4.78 is 5.57. The minimum atomic E-state index is 0. The van der Waals surface area contributed by atoms with Gasteiger partial charge in [-0.05, 0) is 23.6 Å². The quantitative estimate of drug-likeness (QED) is 0.349. The van der Waals surface area contributed by atoms with E-state index in [1.54, 1.807) is 11.3 Å². The molecular weight excluding hydrogens is 483 g/mol. The van der Waals surface area contributed by atoms with Crippen LogP contribution >= 0.6 is 35.3 Å². The monoisotopic (exact) mass is 514 g/mol. The van der Waals surface area contributed by atoms with Crippen LogP contribution in [0.1, 0.15) is 42.6 Å². The lowest BCUT2D eigenvalue weighted by atomic mass is 9.93. The van der Waals surface area contributed by atoms with Crippen LogP contribution in [0.15, 0.2) is 28.6 Å². The number of nitrogens with one attached hydrogen (secondary N) is 2. The molecule has 1 aromatic carbocycles. The summed E-state index contributed by atoms with van der Waals surface area (Å²) >= 11 is 1.74. The fraction of sp³-hybridized carbons (Fsp3) is 0.524. The fourth-order valence-corrected chi connectivity index (χ4v) is 4.02. The van der Waals surface area contributed by atoms with Crippen LogP contribution in [0.25, 0.3) is 0 Å². The molecule has 1 aliphatic rings. The first kappa shape index (κ1) is 22.9. The number of benzene rings is 1. The average Bonchev–Trinajstić information content (AvgIpc) is 3.28. The number of aromatic nitrogens is 1. The Morgan fingerprint density at radius 1 is 1.21 bits per heavy atom. The van der Waals surface area contributed by atoms with Crippen molar-refractivity contribution in [1.29, 1.82) is 0 Å². The van der Waals surface area contributed by atoms with Gasteiger partial charge in [-0.3, -0.25) is 4.99 Å². The maximum atomic E-state index is 5.57. The highest BCUT2D eigenvalue weighted by atomic mass is 127. The Morgan fingerprint density at radius 3 is 2.64 bits per heavy atom. The van der Waals surface area contributed by atoms with E-state index in [9.17, 15) is 0 Å². The van der Waals surface area contributed by atoms with Crippen molar-refractivity contribution >= 4 is 41.3 Å². The zero-order valence-corrected chi connectivity index (χ0v) is 20.3. The van der Waals surface area contributed by atoms with E-state index in [0.29, 0.717) is 0 Å². The summed E-state index contributed by atoms with van der Waals surface area (Å²) in [5.41, 5.74) is 3.95. The van der Waals surface area contributed by atoms with E-state index in [2.05, 4.69) is 60.0 Å². The molecule has 154 valence electrons. The van der Waals surface area contributed by atoms with Crippen molar-refractivity contribution in [3.8, 4) is 5.75 Å². The number of guanidine groups is 1. The van der Waals surface area contributed by atoms with E-state index in [1.807, 2.05) is 7.05 Å². The Labute approximate surface area is 189 Å². The highest BCUT2D eigenvalue weighted by Crippen LogP contribution is 2.26. The van der Waals surface area contributed by atoms with Crippen molar-refractivity contribution in [3.63, 3.8) is 0 Å². The molecule has 1 aromatic heterocycles. The fourth-order valence-electron chi connectivity index (χ4n) is 3.00. The van der Waals surface area contributed by atoms with Gasteiger partial charge < -0.3 is 15.4 Å². The van der Waals surface area contributed by atoms with Crippen molar-refractivity contribution in [2.75, 3.05) is 26.7 Å². The van der Waals surface area contributed by atoms with Gasteiger partial charge in [-0.2, -0.15) is 0 Å². The van der Waals surface area contributed by atoms with Crippen molar-refractivity contribution in [1.82, 2.24) is 15.6 Å². The van der Waals surface area contributed by atoms with Gasteiger partial charge in [0.2, 0.25) is 0 Å². The Morgan fingerprint density at radius 2 is 1.96 bits per heavy atom. The topological polar surface area (TPSA) is 58.5 Å². The molecule has 7 heteroatoms. The summed E-state index contributed by atoms with van der Waals surface area (Å²) in [4.78, 5) is 9.05. The number of fused-ring (bicyclic) bond motifs is 1. The molecule has 0 spiro atoms. The second-order valence-electron chi connectivity index (χ2n) is 7.84. The predicted octanol–water partition coefficient (Wildman–Crippen LogP) is 3.94. The molecule has 1 aliphatic heterocycles. The summed E-state index contributed by atoms with van der Waals surface area (Å²) in [5.74, 6) is 1.88. The molecule has 0 bridgehead atoms. The third-order valence-corrected chi connectivity index (χ3v) is 5.54. The molecule has 0 atom stereocenters. The smallest absolute Gasteiger partial charge is 0.191 e. The minimum absolute atomic E-state index is 0. The molecule has 0 radical (unpaired) electrons. The van der Waals surface area contributed by atoms with Crippen molar-refractivity contribution in [2.24, 2.45) is 4.99 Å². The molecule has 2 heterocycles. The molecule has 0 unspecified atom stereocenters. The zero-order valence-electron chi connectivity index (χ0n) is 17.2. The van der Waals surface area contributed by atoms with Crippen LogP contribution in [0.5, 0.6) is 5.75 Å². The highest BCUT2D eigenvalue weighted by Gasteiger charge is 2.17. The Hall–Kier alpha value is -1.35. The second kappa shape index (κ2) is 10.4. The van der Waals surface area contributed by atoms with E-state index in [4.69, 9.17) is 9.72 Å². The molecule has 5 nitrogen and oxygen atoms in total. The number of rotatable bonds is 6.